The first-order valence-corrected chi connectivity index (χ1v) is 11.6. The van der Waals surface area contributed by atoms with Gasteiger partial charge in [0.1, 0.15) is 0 Å². The summed E-state index contributed by atoms with van der Waals surface area (Å²) in [5.41, 5.74) is 6.65. The fraction of sp³-hybridized carbons (Fsp3) is 0.333. The summed E-state index contributed by atoms with van der Waals surface area (Å²) >= 11 is 0. The fourth-order valence-corrected chi connectivity index (χ4v) is 4.94. The van der Waals surface area contributed by atoms with Crippen LogP contribution in [0.25, 0.3) is 0 Å². The van der Waals surface area contributed by atoms with Crippen molar-refractivity contribution in [1.82, 2.24) is 14.8 Å². The number of hydrogen-bond acceptors (Lipinski definition) is 5. The Hall–Kier alpha value is -3.22. The molecule has 0 radical (unpaired) electrons. The second kappa shape index (κ2) is 9.33. The van der Waals surface area contributed by atoms with Gasteiger partial charge in [0.15, 0.2) is 0 Å². The summed E-state index contributed by atoms with van der Waals surface area (Å²) in [6.07, 6.45) is 4.80. The second-order valence-electron chi connectivity index (χ2n) is 9.01. The zero-order valence-corrected chi connectivity index (χ0v) is 19.0. The molecule has 6 heteroatoms. The Labute approximate surface area is 195 Å². The van der Waals surface area contributed by atoms with Crippen LogP contribution in [-0.2, 0) is 19.4 Å². The molecule has 6 nitrogen and oxygen atoms in total. The highest BCUT2D eigenvalue weighted by Gasteiger charge is 2.27. The Bertz CT molecular complexity index is 1130. The first-order valence-electron chi connectivity index (χ1n) is 11.6. The van der Waals surface area contributed by atoms with E-state index in [1.165, 1.54) is 11.1 Å². The van der Waals surface area contributed by atoms with Crippen LogP contribution in [0.5, 0.6) is 0 Å². The van der Waals surface area contributed by atoms with Crippen molar-refractivity contribution in [2.45, 2.75) is 25.5 Å². The minimum Gasteiger partial charge on any atom is -0.390 e. The second-order valence-corrected chi connectivity index (χ2v) is 9.01. The molecule has 0 bridgehead atoms. The van der Waals surface area contributed by atoms with Crippen LogP contribution in [0, 0.1) is 0 Å². The van der Waals surface area contributed by atoms with Gasteiger partial charge in [-0.2, -0.15) is 0 Å². The highest BCUT2D eigenvalue weighted by Crippen LogP contribution is 2.28. The molecule has 0 spiro atoms. The van der Waals surface area contributed by atoms with E-state index in [0.29, 0.717) is 19.6 Å². The van der Waals surface area contributed by atoms with Gasteiger partial charge in [0.25, 0.3) is 5.91 Å². The van der Waals surface area contributed by atoms with Gasteiger partial charge >= 0.3 is 0 Å². The third kappa shape index (κ3) is 4.63. The maximum absolute atomic E-state index is 13.1. The average Bonchev–Trinajstić information content (AvgIpc) is 2.85. The summed E-state index contributed by atoms with van der Waals surface area (Å²) in [4.78, 5) is 23.4. The summed E-state index contributed by atoms with van der Waals surface area (Å²) < 4.78 is 0. The number of aliphatic hydroxyl groups is 1. The van der Waals surface area contributed by atoms with E-state index in [1.54, 1.807) is 17.3 Å². The van der Waals surface area contributed by atoms with Crippen molar-refractivity contribution in [3.05, 3.63) is 89.2 Å². The molecule has 1 atom stereocenters. The van der Waals surface area contributed by atoms with Gasteiger partial charge in [-0.05, 0) is 59.9 Å². The summed E-state index contributed by atoms with van der Waals surface area (Å²) in [5, 5.41) is 10.8. The Morgan fingerprint density at radius 3 is 2.52 bits per heavy atom. The van der Waals surface area contributed by atoms with Crippen LogP contribution >= 0.6 is 0 Å². The molecular weight excluding hydrogens is 412 g/mol. The number of fused-ring (bicyclic) bond motifs is 2. The van der Waals surface area contributed by atoms with E-state index < -0.39 is 6.10 Å². The first-order chi connectivity index (χ1) is 16.1. The molecule has 0 saturated carbocycles. The molecule has 3 heterocycles. The van der Waals surface area contributed by atoms with E-state index in [9.17, 15) is 9.90 Å². The zero-order valence-electron chi connectivity index (χ0n) is 19.0. The van der Waals surface area contributed by atoms with Gasteiger partial charge in [0.2, 0.25) is 0 Å². The fourth-order valence-electron chi connectivity index (χ4n) is 4.94. The Morgan fingerprint density at radius 1 is 0.939 bits per heavy atom. The van der Waals surface area contributed by atoms with Crippen molar-refractivity contribution in [1.29, 1.82) is 0 Å². The normalized spacial score (nSPS) is 16.8. The molecule has 170 valence electrons. The number of nitrogens with zero attached hydrogens (tertiary/aromatic N) is 4. The van der Waals surface area contributed by atoms with E-state index in [1.807, 2.05) is 31.3 Å². The van der Waals surface area contributed by atoms with Gasteiger partial charge in [0, 0.05) is 69.1 Å². The Morgan fingerprint density at radius 2 is 1.70 bits per heavy atom. The smallest absolute Gasteiger partial charge is 0.254 e. The number of carbonyl (C=O) groups excluding carboxylic acids is 1. The lowest BCUT2D eigenvalue weighted by atomic mass is 9.97. The van der Waals surface area contributed by atoms with Gasteiger partial charge in [0.05, 0.1) is 6.10 Å². The van der Waals surface area contributed by atoms with E-state index in [4.69, 9.17) is 0 Å². The topological polar surface area (TPSA) is 59.9 Å². The number of anilines is 2. The van der Waals surface area contributed by atoms with Crippen molar-refractivity contribution in [3.8, 4) is 0 Å². The number of benzene rings is 2. The third-order valence-corrected chi connectivity index (χ3v) is 6.80. The van der Waals surface area contributed by atoms with Crippen LogP contribution in [-0.4, -0.2) is 65.1 Å². The number of aliphatic hydroxyl groups excluding tert-OH is 1. The van der Waals surface area contributed by atoms with Crippen LogP contribution in [0.1, 0.15) is 27.0 Å². The maximum Gasteiger partial charge on any atom is 0.254 e. The average molecular weight is 443 g/mol. The summed E-state index contributed by atoms with van der Waals surface area (Å²) in [7, 11) is 2.02. The van der Waals surface area contributed by atoms with Crippen LogP contribution in [0.3, 0.4) is 0 Å². The molecule has 1 N–H and O–H groups in total. The third-order valence-electron chi connectivity index (χ3n) is 6.80. The molecule has 33 heavy (non-hydrogen) atoms. The van der Waals surface area contributed by atoms with Gasteiger partial charge in [-0.1, -0.05) is 24.3 Å². The zero-order chi connectivity index (χ0) is 22.8. The van der Waals surface area contributed by atoms with Crippen LogP contribution < -0.4 is 4.90 Å². The molecule has 0 unspecified atom stereocenters. The molecule has 0 saturated heterocycles. The van der Waals surface area contributed by atoms with Gasteiger partial charge in [-0.25, -0.2) is 0 Å². The Kier molecular flexibility index (Phi) is 6.11. The molecule has 2 aromatic carbocycles. The molecule has 3 aromatic rings. The molecule has 2 aliphatic heterocycles. The van der Waals surface area contributed by atoms with Crippen molar-refractivity contribution in [2.75, 3.05) is 38.1 Å². The van der Waals surface area contributed by atoms with E-state index in [0.717, 1.165) is 48.4 Å². The predicted octanol–water partition coefficient (Wildman–Crippen LogP) is 3.27. The lowest BCUT2D eigenvalue weighted by Gasteiger charge is -2.34. The van der Waals surface area contributed by atoms with Crippen molar-refractivity contribution >= 4 is 17.3 Å². The largest absolute Gasteiger partial charge is 0.390 e. The Balaban J connectivity index is 1.21. The SMILES string of the molecule is CN(c1ccncc1)c1ccc2c(c1)CCN(C[C@H](O)CN1CCc3ccccc3C1)C2=O. The molecular formula is C27H30N4O2. The van der Waals surface area contributed by atoms with Gasteiger partial charge in [-0.15, -0.1) is 0 Å². The summed E-state index contributed by atoms with van der Waals surface area (Å²) in [5.74, 6) is 0.0115. The van der Waals surface area contributed by atoms with Crippen molar-refractivity contribution in [2.24, 2.45) is 0 Å². The lowest BCUT2D eigenvalue weighted by molar-refractivity contribution is 0.0493. The quantitative estimate of drug-likeness (QED) is 0.635. The highest BCUT2D eigenvalue weighted by atomic mass is 16.3. The highest BCUT2D eigenvalue weighted by molar-refractivity contribution is 5.97. The van der Waals surface area contributed by atoms with Crippen molar-refractivity contribution < 1.29 is 9.90 Å². The van der Waals surface area contributed by atoms with Gasteiger partial charge < -0.3 is 14.9 Å². The molecule has 2 aliphatic rings. The van der Waals surface area contributed by atoms with E-state index in [2.05, 4.69) is 45.1 Å². The minimum atomic E-state index is -0.558. The molecule has 1 aromatic heterocycles. The lowest BCUT2D eigenvalue weighted by Crippen LogP contribution is -2.46. The van der Waals surface area contributed by atoms with Gasteiger partial charge in [-0.3, -0.25) is 14.7 Å². The predicted molar refractivity (Wildman–Crippen MR) is 130 cm³/mol. The number of carbonyl (C=O) groups is 1. The molecule has 0 fully saturated rings. The minimum absolute atomic E-state index is 0.0115. The molecule has 5 rings (SSSR count). The van der Waals surface area contributed by atoms with Crippen LogP contribution in [0.2, 0.25) is 0 Å². The maximum atomic E-state index is 13.1. The number of rotatable bonds is 6. The monoisotopic (exact) mass is 442 g/mol. The van der Waals surface area contributed by atoms with Crippen LogP contribution in [0.15, 0.2) is 67.0 Å². The molecule has 0 aliphatic carbocycles. The number of β-amino-alcohol motifs (C(OH)–C–C–N with tert-alkyl or cyclic N) is 1. The number of amides is 1. The summed E-state index contributed by atoms with van der Waals surface area (Å²) in [6, 6.07) is 18.5. The standard InChI is InChI=1S/C27H30N4O2/c1-29(23-8-12-28-13-9-23)24-6-7-26-21(16-24)11-15-31(27(26)33)19-25(32)18-30-14-10-20-4-2-3-5-22(20)17-30/h2-9,12-13,16,25,32H,10-11,14-15,17-19H2,1H3/t25-/m1/s1. The molecule has 1 amide bonds. The number of pyridine rings is 1. The van der Waals surface area contributed by atoms with E-state index >= 15 is 0 Å². The summed E-state index contributed by atoms with van der Waals surface area (Å²) in [6.45, 7) is 3.39. The first kappa shape index (κ1) is 21.6. The number of aromatic nitrogens is 1. The van der Waals surface area contributed by atoms with E-state index in [-0.39, 0.29) is 5.91 Å². The van der Waals surface area contributed by atoms with Crippen molar-refractivity contribution in [3.63, 3.8) is 0 Å². The van der Waals surface area contributed by atoms with Crippen LogP contribution in [0.4, 0.5) is 11.4 Å². The number of hydrogen-bond donors (Lipinski definition) is 1.